The van der Waals surface area contributed by atoms with E-state index in [4.69, 9.17) is 4.52 Å². The van der Waals surface area contributed by atoms with E-state index in [1.54, 1.807) is 0 Å². The highest BCUT2D eigenvalue weighted by molar-refractivity contribution is 5.30. The molecule has 1 saturated heterocycles. The van der Waals surface area contributed by atoms with Crippen molar-refractivity contribution < 1.29 is 4.52 Å². The lowest BCUT2D eigenvalue weighted by molar-refractivity contribution is 0.206. The van der Waals surface area contributed by atoms with Gasteiger partial charge in [0.1, 0.15) is 0 Å². The van der Waals surface area contributed by atoms with Crippen LogP contribution in [0.3, 0.4) is 0 Å². The number of benzene rings is 1. The maximum atomic E-state index is 5.47. The van der Waals surface area contributed by atoms with Crippen LogP contribution in [0, 0.1) is 20.8 Å². The van der Waals surface area contributed by atoms with E-state index in [-0.39, 0.29) is 0 Å². The number of likely N-dealkylation sites (tertiary alicyclic amines) is 1. The molecule has 1 aromatic carbocycles. The Morgan fingerprint density at radius 1 is 1.20 bits per heavy atom. The maximum absolute atomic E-state index is 5.47. The number of rotatable bonds is 3. The molecule has 1 aliphatic rings. The molecule has 1 fully saturated rings. The minimum Gasteiger partial charge on any atom is -0.359 e. The number of hydrogen-bond donors (Lipinski definition) is 0. The minimum absolute atomic E-state index is 0.387. The molecule has 20 heavy (non-hydrogen) atoms. The van der Waals surface area contributed by atoms with E-state index in [9.17, 15) is 0 Å². The van der Waals surface area contributed by atoms with Gasteiger partial charge in [-0.1, -0.05) is 23.4 Å². The second-order valence-electron chi connectivity index (χ2n) is 5.92. The number of nitrogens with zero attached hydrogens (tertiary/aromatic N) is 2. The van der Waals surface area contributed by atoms with Crippen molar-refractivity contribution in [2.24, 2.45) is 0 Å². The predicted molar refractivity (Wildman–Crippen MR) is 79.5 cm³/mol. The second-order valence-corrected chi connectivity index (χ2v) is 5.92. The van der Waals surface area contributed by atoms with Crippen LogP contribution in [0.2, 0.25) is 0 Å². The molecular formula is C17H22N2O. The molecule has 3 nitrogen and oxygen atoms in total. The van der Waals surface area contributed by atoms with Gasteiger partial charge < -0.3 is 4.52 Å². The van der Waals surface area contributed by atoms with Crippen molar-refractivity contribution in [2.45, 2.75) is 46.2 Å². The first-order valence-electron chi connectivity index (χ1n) is 7.37. The first kappa shape index (κ1) is 13.4. The van der Waals surface area contributed by atoms with Gasteiger partial charge in [0.05, 0.1) is 11.7 Å². The van der Waals surface area contributed by atoms with Crippen LogP contribution >= 0.6 is 0 Å². The van der Waals surface area contributed by atoms with Crippen molar-refractivity contribution >= 4 is 0 Å². The van der Waals surface area contributed by atoms with Crippen LogP contribution in [-0.4, -0.2) is 16.6 Å². The van der Waals surface area contributed by atoms with Crippen molar-refractivity contribution in [3.05, 3.63) is 52.4 Å². The van der Waals surface area contributed by atoms with Crippen LogP contribution in [0.4, 0.5) is 0 Å². The molecule has 2 aromatic rings. The largest absolute Gasteiger partial charge is 0.359 e. The highest BCUT2D eigenvalue weighted by Crippen LogP contribution is 2.33. The van der Waals surface area contributed by atoms with E-state index in [0.717, 1.165) is 24.5 Å². The molecule has 0 spiro atoms. The van der Waals surface area contributed by atoms with Gasteiger partial charge >= 0.3 is 0 Å². The fraction of sp³-hybridized carbons (Fsp3) is 0.471. The van der Waals surface area contributed by atoms with Gasteiger partial charge in [0, 0.05) is 12.6 Å². The summed E-state index contributed by atoms with van der Waals surface area (Å²) in [6.07, 6.45) is 2.40. The van der Waals surface area contributed by atoms with Crippen molar-refractivity contribution in [1.29, 1.82) is 0 Å². The van der Waals surface area contributed by atoms with E-state index in [2.05, 4.69) is 48.2 Å². The standard InChI is InChI=1S/C17H22N2O/c1-12-6-7-15(9-13(12)2)11-19-8-4-5-16(19)17-10-14(3)18-20-17/h6-7,9-10,16H,4-5,8,11H2,1-3H3/t16-/m0/s1. The summed E-state index contributed by atoms with van der Waals surface area (Å²) < 4.78 is 5.47. The van der Waals surface area contributed by atoms with Gasteiger partial charge in [-0.2, -0.15) is 0 Å². The predicted octanol–water partition coefficient (Wildman–Crippen LogP) is 3.94. The molecule has 1 atom stereocenters. The lowest BCUT2D eigenvalue weighted by atomic mass is 10.1. The van der Waals surface area contributed by atoms with Crippen LogP contribution in [-0.2, 0) is 6.54 Å². The molecule has 3 rings (SSSR count). The lowest BCUT2D eigenvalue weighted by Crippen LogP contribution is -2.22. The zero-order chi connectivity index (χ0) is 14.1. The van der Waals surface area contributed by atoms with Gasteiger partial charge in [-0.25, -0.2) is 0 Å². The van der Waals surface area contributed by atoms with Crippen molar-refractivity contribution in [1.82, 2.24) is 10.1 Å². The Morgan fingerprint density at radius 2 is 2.05 bits per heavy atom. The molecule has 1 aliphatic heterocycles. The van der Waals surface area contributed by atoms with E-state index in [0.29, 0.717) is 6.04 Å². The molecular weight excluding hydrogens is 248 g/mol. The van der Waals surface area contributed by atoms with Crippen molar-refractivity contribution in [3.8, 4) is 0 Å². The van der Waals surface area contributed by atoms with E-state index < -0.39 is 0 Å². The Bertz CT molecular complexity index is 603. The van der Waals surface area contributed by atoms with Crippen LogP contribution in [0.1, 0.15) is 47.0 Å². The quantitative estimate of drug-likeness (QED) is 0.846. The van der Waals surface area contributed by atoms with Crippen LogP contribution in [0.15, 0.2) is 28.8 Å². The summed E-state index contributed by atoms with van der Waals surface area (Å²) in [6.45, 7) is 8.45. The zero-order valence-electron chi connectivity index (χ0n) is 12.5. The Labute approximate surface area is 120 Å². The SMILES string of the molecule is Cc1cc([C@@H]2CCCN2Cc2ccc(C)c(C)c2)on1. The molecule has 0 unspecified atom stereocenters. The van der Waals surface area contributed by atoms with Gasteiger partial charge in [-0.05, 0) is 56.8 Å². The third-order valence-corrected chi connectivity index (χ3v) is 4.30. The summed E-state index contributed by atoms with van der Waals surface area (Å²) in [4.78, 5) is 2.50. The third kappa shape index (κ3) is 2.63. The fourth-order valence-corrected chi connectivity index (χ4v) is 3.01. The first-order valence-corrected chi connectivity index (χ1v) is 7.37. The Hall–Kier alpha value is -1.61. The van der Waals surface area contributed by atoms with E-state index in [1.165, 1.54) is 29.5 Å². The second kappa shape index (κ2) is 5.41. The van der Waals surface area contributed by atoms with Gasteiger partial charge in [0.25, 0.3) is 0 Å². The fourth-order valence-electron chi connectivity index (χ4n) is 3.01. The number of aryl methyl sites for hydroxylation is 3. The normalized spacial score (nSPS) is 19.6. The van der Waals surface area contributed by atoms with Crippen LogP contribution < -0.4 is 0 Å². The first-order chi connectivity index (χ1) is 9.63. The highest BCUT2D eigenvalue weighted by atomic mass is 16.5. The molecule has 106 valence electrons. The summed E-state index contributed by atoms with van der Waals surface area (Å²) >= 11 is 0. The summed E-state index contributed by atoms with van der Waals surface area (Å²) in [5.41, 5.74) is 5.08. The van der Waals surface area contributed by atoms with Gasteiger partial charge in [-0.15, -0.1) is 0 Å². The van der Waals surface area contributed by atoms with Crippen LogP contribution in [0.5, 0.6) is 0 Å². The molecule has 3 heteroatoms. The summed E-state index contributed by atoms with van der Waals surface area (Å²) in [5.74, 6) is 1.02. The van der Waals surface area contributed by atoms with Gasteiger partial charge in [0.15, 0.2) is 5.76 Å². The molecule has 0 aliphatic carbocycles. The summed E-state index contributed by atoms with van der Waals surface area (Å²) in [6, 6.07) is 9.22. The molecule has 0 bridgehead atoms. The van der Waals surface area contributed by atoms with Crippen molar-refractivity contribution in [3.63, 3.8) is 0 Å². The third-order valence-electron chi connectivity index (χ3n) is 4.30. The summed E-state index contributed by atoms with van der Waals surface area (Å²) in [7, 11) is 0. The molecule has 2 heterocycles. The molecule has 0 saturated carbocycles. The van der Waals surface area contributed by atoms with Gasteiger partial charge in [0.2, 0.25) is 0 Å². The Morgan fingerprint density at radius 3 is 2.75 bits per heavy atom. The van der Waals surface area contributed by atoms with E-state index in [1.807, 2.05) is 6.92 Å². The Kier molecular flexibility index (Phi) is 3.62. The smallest absolute Gasteiger partial charge is 0.154 e. The number of hydrogen-bond acceptors (Lipinski definition) is 3. The molecule has 0 amide bonds. The maximum Gasteiger partial charge on any atom is 0.154 e. The van der Waals surface area contributed by atoms with Gasteiger partial charge in [-0.3, -0.25) is 4.90 Å². The topological polar surface area (TPSA) is 29.3 Å². The minimum atomic E-state index is 0.387. The molecule has 0 radical (unpaired) electrons. The summed E-state index contributed by atoms with van der Waals surface area (Å²) in [5, 5.41) is 4.03. The molecule has 1 aromatic heterocycles. The molecule has 0 N–H and O–H groups in total. The van der Waals surface area contributed by atoms with Crippen LogP contribution in [0.25, 0.3) is 0 Å². The monoisotopic (exact) mass is 270 g/mol. The Balaban J connectivity index is 1.77. The average molecular weight is 270 g/mol. The average Bonchev–Trinajstić information content (AvgIpc) is 3.03. The zero-order valence-corrected chi connectivity index (χ0v) is 12.5. The van der Waals surface area contributed by atoms with Crippen molar-refractivity contribution in [2.75, 3.05) is 6.54 Å². The van der Waals surface area contributed by atoms with E-state index >= 15 is 0 Å². The lowest BCUT2D eigenvalue weighted by Gasteiger charge is -2.22. The number of aromatic nitrogens is 1. The highest BCUT2D eigenvalue weighted by Gasteiger charge is 2.28.